The van der Waals surface area contributed by atoms with Crippen LogP contribution in [0.4, 0.5) is 0 Å². The predicted octanol–water partition coefficient (Wildman–Crippen LogP) is 4.88. The molecule has 0 aromatic rings. The van der Waals surface area contributed by atoms with Gasteiger partial charge in [0.2, 0.25) is 0 Å². The van der Waals surface area contributed by atoms with E-state index in [4.69, 9.17) is 5.11 Å². The number of hydrogen-bond donors (Lipinski definition) is 1. The molecule has 0 unspecified atom stereocenters. The van der Waals surface area contributed by atoms with Crippen LogP contribution in [0.3, 0.4) is 0 Å². The summed E-state index contributed by atoms with van der Waals surface area (Å²) in [4.78, 5) is 0. The van der Waals surface area contributed by atoms with E-state index in [1.165, 1.54) is 19.3 Å². The molecule has 13 heavy (non-hydrogen) atoms. The molecule has 88 valence electrons. The third-order valence-corrected chi connectivity index (χ3v) is 0.931. The van der Waals surface area contributed by atoms with E-state index in [1.807, 2.05) is 20.8 Å². The lowest BCUT2D eigenvalue weighted by molar-refractivity contribution is 0.295. The number of unbranched alkanes of at least 4 members (excludes halogenated alkanes) is 2. The van der Waals surface area contributed by atoms with Crippen LogP contribution in [-0.2, 0) is 0 Å². The van der Waals surface area contributed by atoms with Gasteiger partial charge in [0.15, 0.2) is 0 Å². The van der Waals surface area contributed by atoms with Crippen molar-refractivity contribution in [1.82, 2.24) is 0 Å². The first-order valence-electron chi connectivity index (χ1n) is 4.94. The lowest BCUT2D eigenvalue weighted by atomic mass is 10.3. The van der Waals surface area contributed by atoms with Crippen molar-refractivity contribution in [2.75, 3.05) is 6.61 Å². The van der Waals surface area contributed by atoms with E-state index in [1.54, 1.807) is 0 Å². The molecule has 0 atom stereocenters. The Morgan fingerprint density at radius 1 is 0.769 bits per heavy atom. The van der Waals surface area contributed by atoms with Crippen molar-refractivity contribution >= 4 is 0 Å². The summed E-state index contributed by atoms with van der Waals surface area (Å²) in [5.41, 5.74) is 0. The van der Waals surface area contributed by atoms with Crippen LogP contribution >= 0.6 is 0 Å². The molecule has 0 spiro atoms. The molecule has 0 heterocycles. The smallest absolute Gasteiger partial charge is 0.0428 e. The van der Waals surface area contributed by atoms with Crippen LogP contribution in [-0.4, -0.2) is 11.7 Å². The van der Waals surface area contributed by atoms with Crippen molar-refractivity contribution in [3.8, 4) is 0 Å². The first-order valence-corrected chi connectivity index (χ1v) is 4.94. The van der Waals surface area contributed by atoms with Crippen molar-refractivity contribution in [2.24, 2.45) is 0 Å². The molecule has 0 amide bonds. The molecular weight excluding hydrogens is 160 g/mol. The van der Waals surface area contributed by atoms with E-state index in [0.29, 0.717) is 6.61 Å². The SMILES string of the molecule is C.C.CC.CCCCC.CCCO. The van der Waals surface area contributed by atoms with E-state index < -0.39 is 0 Å². The molecule has 0 aliphatic heterocycles. The highest BCUT2D eigenvalue weighted by Crippen LogP contribution is 1.88. The highest BCUT2D eigenvalue weighted by atomic mass is 16.2. The Balaban J connectivity index is -0.0000000246. The Morgan fingerprint density at radius 3 is 1.00 bits per heavy atom. The average Bonchev–Trinajstić information content (AvgIpc) is 2.10. The lowest BCUT2D eigenvalue weighted by Gasteiger charge is -1.79. The minimum Gasteiger partial charge on any atom is -0.396 e. The second kappa shape index (κ2) is 58.4. The van der Waals surface area contributed by atoms with E-state index in [-0.39, 0.29) is 14.9 Å². The van der Waals surface area contributed by atoms with Crippen LogP contribution in [0.2, 0.25) is 0 Å². The van der Waals surface area contributed by atoms with Gasteiger partial charge in [0.1, 0.15) is 0 Å². The maximum Gasteiger partial charge on any atom is 0.0428 e. The van der Waals surface area contributed by atoms with Gasteiger partial charge < -0.3 is 5.11 Å². The fourth-order valence-electron chi connectivity index (χ4n) is 0.354. The molecule has 1 nitrogen and oxygen atoms in total. The minimum atomic E-state index is 0. The summed E-state index contributed by atoms with van der Waals surface area (Å²) in [5.74, 6) is 0. The lowest BCUT2D eigenvalue weighted by Crippen LogP contribution is -1.69. The quantitative estimate of drug-likeness (QED) is 0.678. The highest BCUT2D eigenvalue weighted by molar-refractivity contribution is 4.24. The monoisotopic (exact) mass is 194 g/mol. The van der Waals surface area contributed by atoms with Gasteiger partial charge in [0.05, 0.1) is 0 Å². The topological polar surface area (TPSA) is 20.2 Å². The first-order chi connectivity index (χ1) is 5.33. The van der Waals surface area contributed by atoms with Gasteiger partial charge in [-0.2, -0.15) is 0 Å². The highest BCUT2D eigenvalue weighted by Gasteiger charge is 1.68. The summed E-state index contributed by atoms with van der Waals surface area (Å²) in [5, 5.41) is 7.88. The van der Waals surface area contributed by atoms with Gasteiger partial charge in [-0.3, -0.25) is 0 Å². The van der Waals surface area contributed by atoms with Crippen molar-refractivity contribution in [1.29, 1.82) is 0 Å². The van der Waals surface area contributed by atoms with Crippen molar-refractivity contribution < 1.29 is 5.11 Å². The minimum absolute atomic E-state index is 0. The normalized spacial score (nSPS) is 6.00. The molecule has 0 saturated carbocycles. The van der Waals surface area contributed by atoms with Crippen LogP contribution in [0, 0.1) is 0 Å². The summed E-state index contributed by atoms with van der Waals surface area (Å²) in [7, 11) is 0. The fourth-order valence-corrected chi connectivity index (χ4v) is 0.354. The molecule has 0 aliphatic rings. The maximum absolute atomic E-state index is 7.88. The molecule has 1 heteroatoms. The maximum atomic E-state index is 7.88. The Kier molecular flexibility index (Phi) is 131. The molecule has 0 radical (unpaired) electrons. The van der Waals surface area contributed by atoms with E-state index in [9.17, 15) is 0 Å². The van der Waals surface area contributed by atoms with Crippen LogP contribution in [0.5, 0.6) is 0 Å². The van der Waals surface area contributed by atoms with Crippen molar-refractivity contribution in [2.45, 2.75) is 75.2 Å². The van der Waals surface area contributed by atoms with Gasteiger partial charge in [-0.1, -0.05) is 68.7 Å². The summed E-state index contributed by atoms with van der Waals surface area (Å²) in [6.07, 6.45) is 4.95. The van der Waals surface area contributed by atoms with Gasteiger partial charge in [-0.25, -0.2) is 0 Å². The van der Waals surface area contributed by atoms with Gasteiger partial charge in [-0.05, 0) is 6.42 Å². The number of hydrogen-bond acceptors (Lipinski definition) is 1. The second-order valence-electron chi connectivity index (χ2n) is 2.08. The van der Waals surface area contributed by atoms with E-state index in [2.05, 4.69) is 13.8 Å². The van der Waals surface area contributed by atoms with Crippen LogP contribution in [0.1, 0.15) is 75.2 Å². The van der Waals surface area contributed by atoms with Crippen molar-refractivity contribution in [3.63, 3.8) is 0 Å². The Labute approximate surface area is 87.6 Å². The summed E-state index contributed by atoms with van der Waals surface area (Å²) in [6.45, 7) is 10.7. The summed E-state index contributed by atoms with van der Waals surface area (Å²) >= 11 is 0. The zero-order chi connectivity index (χ0) is 9.54. The second-order valence-corrected chi connectivity index (χ2v) is 2.08. The zero-order valence-electron chi connectivity index (χ0n) is 8.98. The number of aliphatic hydroxyl groups is 1. The van der Waals surface area contributed by atoms with E-state index >= 15 is 0 Å². The van der Waals surface area contributed by atoms with Gasteiger partial charge in [-0.15, -0.1) is 0 Å². The number of aliphatic hydroxyl groups excluding tert-OH is 1. The molecule has 1 N–H and O–H groups in total. The molecule has 0 saturated heterocycles. The molecule has 0 fully saturated rings. The third-order valence-electron chi connectivity index (χ3n) is 0.931. The van der Waals surface area contributed by atoms with Crippen LogP contribution < -0.4 is 0 Å². The van der Waals surface area contributed by atoms with Crippen LogP contribution in [0.25, 0.3) is 0 Å². The predicted molar refractivity (Wildman–Crippen MR) is 67.4 cm³/mol. The Bertz CT molecular complexity index is 24.3. The molecule has 0 aliphatic carbocycles. The third kappa shape index (κ3) is 135. The van der Waals surface area contributed by atoms with E-state index in [0.717, 1.165) is 6.42 Å². The van der Waals surface area contributed by atoms with Gasteiger partial charge in [0, 0.05) is 6.61 Å². The first kappa shape index (κ1) is 29.3. The summed E-state index contributed by atoms with van der Waals surface area (Å²) in [6, 6.07) is 0. The van der Waals surface area contributed by atoms with Crippen molar-refractivity contribution in [3.05, 3.63) is 0 Å². The fraction of sp³-hybridized carbons (Fsp3) is 1.00. The zero-order valence-corrected chi connectivity index (χ0v) is 8.98. The Morgan fingerprint density at radius 2 is 1.00 bits per heavy atom. The Hall–Kier alpha value is -0.0400. The molecule has 0 bridgehead atoms. The molecule has 0 aromatic heterocycles. The largest absolute Gasteiger partial charge is 0.396 e. The summed E-state index contributed by atoms with van der Waals surface area (Å²) < 4.78 is 0. The van der Waals surface area contributed by atoms with Gasteiger partial charge >= 0.3 is 0 Å². The molecule has 0 rings (SSSR count). The molecular formula is C12H34O. The van der Waals surface area contributed by atoms with Crippen LogP contribution in [0.15, 0.2) is 0 Å². The molecule has 0 aromatic carbocycles. The number of rotatable bonds is 3. The standard InChI is InChI=1S/C5H12.C3H8O.C2H6.2CH4/c1-3-5-4-2;1-2-3-4;1-2;;/h3-5H2,1-2H3;4H,2-3H2,1H3;1-2H3;2*1H4. The van der Waals surface area contributed by atoms with Gasteiger partial charge in [0.25, 0.3) is 0 Å². The average molecular weight is 194 g/mol.